The molecule has 3 aromatic carbocycles. The topological polar surface area (TPSA) is 132 Å². The molecule has 338 valence electrons. The number of halogens is 2. The highest BCUT2D eigenvalue weighted by molar-refractivity contribution is 7.15. The van der Waals surface area contributed by atoms with E-state index < -0.39 is 12.0 Å². The number of ether oxygens (including phenoxy) is 1. The van der Waals surface area contributed by atoms with Crippen LogP contribution in [0.1, 0.15) is 93.7 Å². The summed E-state index contributed by atoms with van der Waals surface area (Å²) in [5.41, 5.74) is 7.69. The summed E-state index contributed by atoms with van der Waals surface area (Å²) in [4.78, 5) is 42.5. The number of benzene rings is 3. The summed E-state index contributed by atoms with van der Waals surface area (Å²) in [5, 5.41) is 21.6. The number of aryl methyl sites for hydroxylation is 2. The van der Waals surface area contributed by atoms with Crippen LogP contribution in [-0.2, 0) is 15.1 Å². The van der Waals surface area contributed by atoms with Gasteiger partial charge < -0.3 is 24.6 Å². The van der Waals surface area contributed by atoms with Gasteiger partial charge in [-0.1, -0.05) is 59.6 Å². The van der Waals surface area contributed by atoms with Gasteiger partial charge >= 0.3 is 5.97 Å². The van der Waals surface area contributed by atoms with E-state index in [0.717, 1.165) is 110 Å². The van der Waals surface area contributed by atoms with Crippen LogP contribution in [-0.4, -0.2) is 116 Å². The number of fused-ring (bicyclic) bond motifs is 4. The number of nitrogens with one attached hydrogen (secondary N) is 1. The smallest absolute Gasteiger partial charge is 0.337 e. The Hall–Kier alpha value is -4.89. The van der Waals surface area contributed by atoms with Crippen molar-refractivity contribution in [3.8, 4) is 16.1 Å². The molecule has 3 aliphatic heterocycles. The van der Waals surface area contributed by atoms with Crippen molar-refractivity contribution in [2.75, 3.05) is 59.0 Å². The highest BCUT2D eigenvalue weighted by Gasteiger charge is 2.40. The molecule has 6 aromatic rings. The summed E-state index contributed by atoms with van der Waals surface area (Å²) < 4.78 is 8.83. The number of thiophene rings is 1. The number of piperidine rings is 1. The van der Waals surface area contributed by atoms with Crippen molar-refractivity contribution in [2.24, 2.45) is 10.9 Å². The lowest BCUT2D eigenvalue weighted by Crippen LogP contribution is -2.50. The van der Waals surface area contributed by atoms with E-state index in [9.17, 15) is 14.7 Å². The number of carboxylic acid groups (broad SMARTS) is 1. The maximum absolute atomic E-state index is 14.1. The van der Waals surface area contributed by atoms with Crippen molar-refractivity contribution >= 4 is 63.0 Å². The van der Waals surface area contributed by atoms with Gasteiger partial charge in [0.2, 0.25) is 5.91 Å². The second-order valence-electron chi connectivity index (χ2n) is 18.2. The molecular weight excluding hydrogens is 880 g/mol. The molecule has 2 N–H and O–H groups in total. The number of rotatable bonds is 12. The molecule has 2 saturated heterocycles. The normalized spacial score (nSPS) is 19.1. The molecule has 0 unspecified atom stereocenters. The highest BCUT2D eigenvalue weighted by Crippen LogP contribution is 2.46. The number of carboxylic acids is 1. The van der Waals surface area contributed by atoms with Crippen LogP contribution >= 0.6 is 34.5 Å². The molecule has 0 bridgehead atoms. The third kappa shape index (κ3) is 8.56. The van der Waals surface area contributed by atoms with E-state index in [4.69, 9.17) is 32.9 Å². The van der Waals surface area contributed by atoms with Crippen LogP contribution in [0.4, 0.5) is 0 Å². The molecule has 10 rings (SSSR count). The van der Waals surface area contributed by atoms with Crippen molar-refractivity contribution in [1.82, 2.24) is 34.4 Å². The van der Waals surface area contributed by atoms with Crippen molar-refractivity contribution in [1.29, 1.82) is 0 Å². The minimum absolute atomic E-state index is 0.101. The van der Waals surface area contributed by atoms with Gasteiger partial charge in [-0.05, 0) is 113 Å². The van der Waals surface area contributed by atoms with Gasteiger partial charge in [0.15, 0.2) is 5.82 Å². The van der Waals surface area contributed by atoms with Crippen molar-refractivity contribution in [3.63, 3.8) is 0 Å². The number of hydrogen-bond acceptors (Lipinski definition) is 9. The summed E-state index contributed by atoms with van der Waals surface area (Å²) >= 11 is 14.7. The molecular formula is C50H54Cl2N8O4S. The lowest BCUT2D eigenvalue weighted by molar-refractivity contribution is -0.133. The summed E-state index contributed by atoms with van der Waals surface area (Å²) in [6, 6.07) is 19.4. The van der Waals surface area contributed by atoms with Gasteiger partial charge in [-0.3, -0.25) is 19.3 Å². The molecule has 1 saturated carbocycles. The number of hydrogen-bond donors (Lipinski definition) is 2. The Morgan fingerprint density at radius 3 is 2.32 bits per heavy atom. The number of H-pyrrole nitrogens is 1. The summed E-state index contributed by atoms with van der Waals surface area (Å²) in [7, 11) is 0. The number of likely N-dealkylation sites (tertiary alicyclic amines) is 1. The predicted octanol–water partition coefficient (Wildman–Crippen LogP) is 9.64. The third-order valence-electron chi connectivity index (χ3n) is 14.3. The number of amides is 1. The molecule has 1 atom stereocenters. The number of piperazine rings is 1. The van der Waals surface area contributed by atoms with Crippen molar-refractivity contribution in [2.45, 2.75) is 70.9 Å². The van der Waals surface area contributed by atoms with Gasteiger partial charge in [0.25, 0.3) is 0 Å². The fraction of sp³-hybridized carbons (Fsp3) is 0.420. The summed E-state index contributed by atoms with van der Waals surface area (Å²) in [6.45, 7) is 14.2. The second kappa shape index (κ2) is 18.1. The molecule has 3 fully saturated rings. The Morgan fingerprint density at radius 1 is 0.908 bits per heavy atom. The Bertz CT molecular complexity index is 2780. The molecule has 1 aliphatic carbocycles. The number of carbonyl (C=O) groups is 2. The SMILES string of the molecule is Cc1sc2c(c1C)C(c1ccc(Cl)cc1)=N[C@@H](CC(=O)N1CCN(CC3CCN(CCOC4(c5ccc(-c6cc7c(C(=O)O)c[nH]c7cc6Cl)cc5)CCC4)CC3)CC1)c1nnc(C)n1-2. The quantitative estimate of drug-likeness (QED) is 0.124. The highest BCUT2D eigenvalue weighted by atomic mass is 35.5. The van der Waals surface area contributed by atoms with E-state index in [1.54, 1.807) is 17.4 Å². The molecule has 0 spiro atoms. The Labute approximate surface area is 393 Å². The van der Waals surface area contributed by atoms with Gasteiger partial charge in [0.05, 0.1) is 34.9 Å². The number of carbonyl (C=O) groups excluding carboxylic acids is 1. The van der Waals surface area contributed by atoms with Crippen LogP contribution in [0.3, 0.4) is 0 Å². The van der Waals surface area contributed by atoms with E-state index in [2.05, 4.69) is 67.7 Å². The Kier molecular flexibility index (Phi) is 12.2. The third-order valence-corrected chi connectivity index (χ3v) is 16.1. The first-order valence-electron chi connectivity index (χ1n) is 22.8. The van der Waals surface area contributed by atoms with Crippen LogP contribution in [0.5, 0.6) is 0 Å². The van der Waals surface area contributed by atoms with E-state index >= 15 is 0 Å². The molecule has 15 heteroatoms. The second-order valence-corrected chi connectivity index (χ2v) is 20.3. The van der Waals surface area contributed by atoms with E-state index in [-0.39, 0.29) is 23.5 Å². The fourth-order valence-electron chi connectivity index (χ4n) is 10.2. The summed E-state index contributed by atoms with van der Waals surface area (Å²) in [6.07, 6.45) is 7.22. The first kappa shape index (κ1) is 44.0. The van der Waals surface area contributed by atoms with E-state index in [1.165, 1.54) is 22.2 Å². The number of aliphatic imine (C=N–C) groups is 1. The standard InChI is InChI=1S/C50H54Cl2N8O4S/c1-30-31(2)65-48-45(30)46(35-7-11-37(51)12-8-35)54-43(47-56-55-32(3)60(47)48)27-44(61)59-21-19-58(20-22-59)29-33-13-17-57(18-14-33)23-24-64-50(15-4-16-50)36-9-5-34(6-10-36)38-25-39-40(49(62)63)28-53-42(39)26-41(38)52/h5-12,25-26,28,33,43,53H,4,13-24,27,29H2,1-3H3,(H,62,63)/t43-/m0/s1. The predicted molar refractivity (Wildman–Crippen MR) is 257 cm³/mol. The van der Waals surface area contributed by atoms with E-state index in [1.807, 2.05) is 42.2 Å². The van der Waals surface area contributed by atoms with Crippen LogP contribution in [0.25, 0.3) is 27.0 Å². The minimum atomic E-state index is -0.969. The lowest BCUT2D eigenvalue weighted by Gasteiger charge is -2.43. The van der Waals surface area contributed by atoms with Crippen LogP contribution < -0.4 is 0 Å². The zero-order chi connectivity index (χ0) is 45.0. The zero-order valence-electron chi connectivity index (χ0n) is 37.1. The fourth-order valence-corrected chi connectivity index (χ4v) is 11.9. The number of aromatic carboxylic acids is 1. The molecule has 12 nitrogen and oxygen atoms in total. The number of aromatic nitrogens is 4. The monoisotopic (exact) mass is 932 g/mol. The van der Waals surface area contributed by atoms with Gasteiger partial charge in [-0.2, -0.15) is 0 Å². The molecule has 65 heavy (non-hydrogen) atoms. The van der Waals surface area contributed by atoms with Crippen LogP contribution in [0.15, 0.2) is 71.9 Å². The molecule has 4 aliphatic rings. The first-order valence-corrected chi connectivity index (χ1v) is 24.4. The first-order chi connectivity index (χ1) is 31.4. The average molecular weight is 934 g/mol. The van der Waals surface area contributed by atoms with Crippen LogP contribution in [0.2, 0.25) is 10.0 Å². The molecule has 6 heterocycles. The largest absolute Gasteiger partial charge is 0.478 e. The Balaban J connectivity index is 0.703. The van der Waals surface area contributed by atoms with E-state index in [0.29, 0.717) is 52.4 Å². The maximum atomic E-state index is 14.1. The van der Waals surface area contributed by atoms with Gasteiger partial charge in [-0.25, -0.2) is 4.79 Å². The average Bonchev–Trinajstić information content (AvgIpc) is 3.95. The zero-order valence-corrected chi connectivity index (χ0v) is 39.4. The van der Waals surface area contributed by atoms with Crippen molar-refractivity contribution < 1.29 is 19.4 Å². The van der Waals surface area contributed by atoms with Crippen LogP contribution in [0, 0.1) is 26.7 Å². The molecule has 3 aromatic heterocycles. The number of aromatic amines is 1. The Morgan fingerprint density at radius 2 is 1.63 bits per heavy atom. The van der Waals surface area contributed by atoms with Crippen molar-refractivity contribution in [3.05, 3.63) is 121 Å². The van der Waals surface area contributed by atoms with Gasteiger partial charge in [0.1, 0.15) is 16.9 Å². The van der Waals surface area contributed by atoms with Gasteiger partial charge in [0, 0.05) is 83.0 Å². The maximum Gasteiger partial charge on any atom is 0.337 e. The number of nitrogens with zero attached hydrogens (tertiary/aromatic N) is 7. The lowest BCUT2D eigenvalue weighted by atomic mass is 9.74. The van der Waals surface area contributed by atoms with Gasteiger partial charge in [-0.15, -0.1) is 21.5 Å². The summed E-state index contributed by atoms with van der Waals surface area (Å²) in [5.74, 6) is 1.27. The molecule has 1 amide bonds. The molecule has 0 radical (unpaired) electrons. The minimum Gasteiger partial charge on any atom is -0.478 e.